The lowest BCUT2D eigenvalue weighted by Crippen LogP contribution is -1.93. The molecule has 0 aliphatic heterocycles. The fraction of sp³-hybridized carbons (Fsp3) is 0.105. The van der Waals surface area contributed by atoms with Gasteiger partial charge in [0.05, 0.1) is 0 Å². The third kappa shape index (κ3) is 3.70. The molecule has 0 aliphatic rings. The van der Waals surface area contributed by atoms with Crippen LogP contribution in [0.5, 0.6) is 0 Å². The molecule has 1 nitrogen and oxygen atoms in total. The third-order valence-corrected chi connectivity index (χ3v) is 2.83. The van der Waals surface area contributed by atoms with E-state index >= 15 is 0 Å². The predicted octanol–water partition coefficient (Wildman–Crippen LogP) is 4.34. The fourth-order valence-electron chi connectivity index (χ4n) is 1.80. The molecule has 0 radical (unpaired) electrons. The second-order valence-corrected chi connectivity index (χ2v) is 4.31. The Bertz CT molecular complexity index is 670. The van der Waals surface area contributed by atoms with Gasteiger partial charge in [0.1, 0.15) is 0 Å². The van der Waals surface area contributed by atoms with Gasteiger partial charge in [-0.2, -0.15) is 0 Å². The molecule has 0 amide bonds. The van der Waals surface area contributed by atoms with Crippen molar-refractivity contribution in [1.82, 2.24) is 0 Å². The van der Waals surface area contributed by atoms with Crippen molar-refractivity contribution in [3.8, 4) is 11.8 Å². The Morgan fingerprint density at radius 2 is 1.75 bits per heavy atom. The van der Waals surface area contributed by atoms with Gasteiger partial charge in [-0.1, -0.05) is 67.3 Å². The summed E-state index contributed by atoms with van der Waals surface area (Å²) in [4.78, 5) is 12.0. The Morgan fingerprint density at radius 3 is 2.50 bits per heavy atom. The summed E-state index contributed by atoms with van der Waals surface area (Å²) in [6.45, 7) is 2.02. The van der Waals surface area contributed by atoms with E-state index in [2.05, 4.69) is 11.8 Å². The maximum Gasteiger partial charge on any atom is 0.185 e. The van der Waals surface area contributed by atoms with Crippen LogP contribution >= 0.6 is 0 Å². The van der Waals surface area contributed by atoms with Gasteiger partial charge in [-0.3, -0.25) is 4.79 Å². The first-order chi connectivity index (χ1) is 9.81. The zero-order valence-electron chi connectivity index (χ0n) is 11.5. The molecule has 0 N–H and O–H groups in total. The largest absolute Gasteiger partial charge is 0.289 e. The van der Waals surface area contributed by atoms with E-state index in [9.17, 15) is 4.79 Å². The van der Waals surface area contributed by atoms with E-state index in [0.717, 1.165) is 17.5 Å². The van der Waals surface area contributed by atoms with Gasteiger partial charge in [-0.15, -0.1) is 0 Å². The summed E-state index contributed by atoms with van der Waals surface area (Å²) in [5, 5.41) is 0. The number of carbonyl (C=O) groups is 1. The molecule has 0 spiro atoms. The molecule has 0 aliphatic carbocycles. The molecule has 0 atom stereocenters. The lowest BCUT2D eigenvalue weighted by molar-refractivity contribution is 0.104. The highest BCUT2D eigenvalue weighted by atomic mass is 16.1. The maximum absolute atomic E-state index is 12.0. The average Bonchev–Trinajstić information content (AvgIpc) is 2.52. The van der Waals surface area contributed by atoms with Crippen molar-refractivity contribution >= 4 is 11.9 Å². The van der Waals surface area contributed by atoms with Gasteiger partial charge in [0.25, 0.3) is 0 Å². The zero-order chi connectivity index (χ0) is 14.2. The lowest BCUT2D eigenvalue weighted by atomic mass is 10.1. The highest BCUT2D eigenvalue weighted by Gasteiger charge is 2.00. The van der Waals surface area contributed by atoms with Crippen molar-refractivity contribution in [2.24, 2.45) is 0 Å². The lowest BCUT2D eigenvalue weighted by Gasteiger charge is -1.98. The number of benzene rings is 2. The van der Waals surface area contributed by atoms with Crippen molar-refractivity contribution in [1.29, 1.82) is 0 Å². The van der Waals surface area contributed by atoms with Gasteiger partial charge in [-0.05, 0) is 23.8 Å². The van der Waals surface area contributed by atoms with Crippen LogP contribution in [-0.4, -0.2) is 5.78 Å². The summed E-state index contributed by atoms with van der Waals surface area (Å²) in [6.07, 6.45) is 4.25. The van der Waals surface area contributed by atoms with Crippen molar-refractivity contribution in [3.05, 3.63) is 77.4 Å². The van der Waals surface area contributed by atoms with Gasteiger partial charge in [0, 0.05) is 17.5 Å². The van der Waals surface area contributed by atoms with E-state index in [0.29, 0.717) is 5.56 Å². The third-order valence-electron chi connectivity index (χ3n) is 2.83. The van der Waals surface area contributed by atoms with Crippen LogP contribution in [0.25, 0.3) is 6.08 Å². The van der Waals surface area contributed by atoms with Crippen LogP contribution in [0, 0.1) is 11.8 Å². The topological polar surface area (TPSA) is 17.1 Å². The van der Waals surface area contributed by atoms with E-state index in [1.807, 2.05) is 67.6 Å². The SMILES string of the molecule is CCC#Cc1ccccc1C=CC(=O)c1ccccc1. The minimum Gasteiger partial charge on any atom is -0.289 e. The summed E-state index contributed by atoms with van der Waals surface area (Å²) in [7, 11) is 0. The molecule has 0 aromatic heterocycles. The smallest absolute Gasteiger partial charge is 0.185 e. The summed E-state index contributed by atoms with van der Waals surface area (Å²) < 4.78 is 0. The standard InChI is InChI=1S/C19H16O/c1-2-3-9-16-10-7-8-11-17(16)14-15-19(20)18-12-5-4-6-13-18/h4-8,10-15H,2H2,1H3. The normalized spacial score (nSPS) is 10.1. The van der Waals surface area contributed by atoms with Gasteiger partial charge in [-0.25, -0.2) is 0 Å². The van der Waals surface area contributed by atoms with Crippen LogP contribution < -0.4 is 0 Å². The van der Waals surface area contributed by atoms with Gasteiger partial charge < -0.3 is 0 Å². The molecule has 0 heterocycles. The maximum atomic E-state index is 12.0. The molecular weight excluding hydrogens is 244 g/mol. The fourth-order valence-corrected chi connectivity index (χ4v) is 1.80. The monoisotopic (exact) mass is 260 g/mol. The summed E-state index contributed by atoms with van der Waals surface area (Å²) in [5.74, 6) is 6.17. The van der Waals surface area contributed by atoms with Crippen LogP contribution in [0.4, 0.5) is 0 Å². The van der Waals surface area contributed by atoms with Crippen LogP contribution in [0.3, 0.4) is 0 Å². The summed E-state index contributed by atoms with van der Waals surface area (Å²) in [6, 6.07) is 17.1. The Balaban J connectivity index is 2.22. The molecule has 2 aromatic rings. The molecule has 0 unspecified atom stereocenters. The molecule has 98 valence electrons. The molecule has 0 saturated heterocycles. The first-order valence-electron chi connectivity index (χ1n) is 6.66. The Kier molecular flexibility index (Phi) is 4.92. The molecule has 0 bridgehead atoms. The van der Waals surface area contributed by atoms with Crippen LogP contribution in [0.2, 0.25) is 0 Å². The summed E-state index contributed by atoms with van der Waals surface area (Å²) >= 11 is 0. The quantitative estimate of drug-likeness (QED) is 0.455. The number of hydrogen-bond acceptors (Lipinski definition) is 1. The first-order valence-corrected chi connectivity index (χ1v) is 6.66. The average molecular weight is 260 g/mol. The highest BCUT2D eigenvalue weighted by molar-refractivity contribution is 6.06. The number of hydrogen-bond donors (Lipinski definition) is 0. The first kappa shape index (κ1) is 13.8. The van der Waals surface area contributed by atoms with E-state index in [1.54, 1.807) is 6.08 Å². The van der Waals surface area contributed by atoms with Crippen LogP contribution in [0.1, 0.15) is 34.8 Å². The minimum absolute atomic E-state index is 0.00357. The van der Waals surface area contributed by atoms with Crippen molar-refractivity contribution < 1.29 is 4.79 Å². The molecule has 20 heavy (non-hydrogen) atoms. The van der Waals surface area contributed by atoms with Crippen molar-refractivity contribution in [2.45, 2.75) is 13.3 Å². The van der Waals surface area contributed by atoms with Gasteiger partial charge >= 0.3 is 0 Å². The number of carbonyl (C=O) groups excluding carboxylic acids is 1. The van der Waals surface area contributed by atoms with E-state index in [-0.39, 0.29) is 5.78 Å². The van der Waals surface area contributed by atoms with Crippen LogP contribution in [-0.2, 0) is 0 Å². The molecule has 0 saturated carbocycles. The number of allylic oxidation sites excluding steroid dienone is 1. The predicted molar refractivity (Wildman–Crippen MR) is 83.4 cm³/mol. The molecule has 2 aromatic carbocycles. The van der Waals surface area contributed by atoms with Crippen molar-refractivity contribution in [3.63, 3.8) is 0 Å². The van der Waals surface area contributed by atoms with E-state index in [1.165, 1.54) is 0 Å². The highest BCUT2D eigenvalue weighted by Crippen LogP contribution is 2.11. The molecule has 2 rings (SSSR count). The zero-order valence-corrected chi connectivity index (χ0v) is 11.5. The Morgan fingerprint density at radius 1 is 1.05 bits per heavy atom. The van der Waals surface area contributed by atoms with Crippen molar-refractivity contribution in [2.75, 3.05) is 0 Å². The number of ketones is 1. The van der Waals surface area contributed by atoms with Gasteiger partial charge in [0.15, 0.2) is 5.78 Å². The Labute approximate surface area is 120 Å². The van der Waals surface area contributed by atoms with E-state index < -0.39 is 0 Å². The Hall–Kier alpha value is -2.59. The summed E-state index contributed by atoms with van der Waals surface area (Å²) in [5.41, 5.74) is 2.62. The molecule has 0 fully saturated rings. The van der Waals surface area contributed by atoms with Gasteiger partial charge in [0.2, 0.25) is 0 Å². The number of rotatable bonds is 3. The molecular formula is C19H16O. The second-order valence-electron chi connectivity index (χ2n) is 4.31. The molecule has 1 heteroatoms. The second kappa shape index (κ2) is 7.11. The minimum atomic E-state index is 0.00357. The van der Waals surface area contributed by atoms with E-state index in [4.69, 9.17) is 0 Å². The van der Waals surface area contributed by atoms with Crippen LogP contribution in [0.15, 0.2) is 60.7 Å².